The molecule has 0 amide bonds. The number of methoxy groups -OCH3 is 1. The first kappa shape index (κ1) is 19.4. The SMILES string of the molecule is COC(=O)c1ccc(-c2cc(F)cc(OCC(=O)OC(C)(C)C)c2)nc1. The summed E-state index contributed by atoms with van der Waals surface area (Å²) in [5.74, 6) is -1.43. The van der Waals surface area contributed by atoms with Gasteiger partial charge in [-0.1, -0.05) is 0 Å². The molecular weight excluding hydrogens is 341 g/mol. The van der Waals surface area contributed by atoms with E-state index in [2.05, 4.69) is 9.72 Å². The molecular formula is C19H20FNO5. The number of pyridine rings is 1. The highest BCUT2D eigenvalue weighted by molar-refractivity contribution is 5.89. The predicted molar refractivity (Wildman–Crippen MR) is 92.3 cm³/mol. The molecule has 26 heavy (non-hydrogen) atoms. The number of aromatic nitrogens is 1. The van der Waals surface area contributed by atoms with Crippen molar-refractivity contribution in [2.45, 2.75) is 26.4 Å². The molecule has 6 nitrogen and oxygen atoms in total. The third-order valence-corrected chi connectivity index (χ3v) is 3.13. The summed E-state index contributed by atoms with van der Waals surface area (Å²) in [6.07, 6.45) is 1.34. The monoisotopic (exact) mass is 361 g/mol. The normalized spacial score (nSPS) is 11.0. The smallest absolute Gasteiger partial charge is 0.344 e. The quantitative estimate of drug-likeness (QED) is 0.760. The largest absolute Gasteiger partial charge is 0.482 e. The van der Waals surface area contributed by atoms with Gasteiger partial charge in [0.15, 0.2) is 6.61 Å². The van der Waals surface area contributed by atoms with Gasteiger partial charge in [0.2, 0.25) is 0 Å². The zero-order chi connectivity index (χ0) is 19.3. The fourth-order valence-electron chi connectivity index (χ4n) is 2.11. The van der Waals surface area contributed by atoms with Crippen molar-refractivity contribution >= 4 is 11.9 Å². The van der Waals surface area contributed by atoms with Gasteiger partial charge in [-0.05, 0) is 45.0 Å². The number of benzene rings is 1. The van der Waals surface area contributed by atoms with E-state index in [9.17, 15) is 14.0 Å². The lowest BCUT2D eigenvalue weighted by molar-refractivity contribution is -0.157. The van der Waals surface area contributed by atoms with E-state index in [1.54, 1.807) is 32.9 Å². The molecule has 0 aliphatic rings. The summed E-state index contributed by atoms with van der Waals surface area (Å²) in [6.45, 7) is 4.90. The standard InChI is InChI=1S/C19H20FNO5/c1-19(2,3)26-17(22)11-25-15-8-13(7-14(20)9-15)16-6-5-12(10-21-16)18(23)24-4/h5-10H,11H2,1-4H3. The van der Waals surface area contributed by atoms with Crippen LogP contribution in [0.4, 0.5) is 4.39 Å². The molecule has 0 atom stereocenters. The van der Waals surface area contributed by atoms with Crippen LogP contribution in [0.5, 0.6) is 5.75 Å². The molecule has 0 aliphatic carbocycles. The Hall–Kier alpha value is -2.96. The molecule has 0 fully saturated rings. The van der Waals surface area contributed by atoms with Gasteiger partial charge in [0, 0.05) is 17.8 Å². The van der Waals surface area contributed by atoms with E-state index in [-0.39, 0.29) is 17.9 Å². The number of hydrogen-bond donors (Lipinski definition) is 0. The molecule has 1 heterocycles. The summed E-state index contributed by atoms with van der Waals surface area (Å²) in [5, 5.41) is 0. The summed E-state index contributed by atoms with van der Waals surface area (Å²) in [5.41, 5.74) is 0.549. The van der Waals surface area contributed by atoms with Crippen molar-refractivity contribution in [1.29, 1.82) is 0 Å². The molecule has 0 saturated heterocycles. The third-order valence-electron chi connectivity index (χ3n) is 3.13. The van der Waals surface area contributed by atoms with Crippen LogP contribution in [-0.2, 0) is 14.3 Å². The van der Waals surface area contributed by atoms with Crippen molar-refractivity contribution in [3.05, 3.63) is 47.9 Å². The number of nitrogens with zero attached hydrogens (tertiary/aromatic N) is 1. The molecule has 1 aromatic carbocycles. The van der Waals surface area contributed by atoms with Crippen LogP contribution in [0.3, 0.4) is 0 Å². The Kier molecular flexibility index (Phi) is 5.92. The van der Waals surface area contributed by atoms with Crippen molar-refractivity contribution in [3.8, 4) is 17.0 Å². The second-order valence-corrected chi connectivity index (χ2v) is 6.47. The predicted octanol–water partition coefficient (Wildman–Crippen LogP) is 3.39. The van der Waals surface area contributed by atoms with E-state index in [0.717, 1.165) is 6.07 Å². The molecule has 0 bridgehead atoms. The first-order valence-electron chi connectivity index (χ1n) is 7.88. The Labute approximate surface area is 150 Å². The Morgan fingerprint density at radius 2 is 1.88 bits per heavy atom. The highest BCUT2D eigenvalue weighted by atomic mass is 19.1. The van der Waals surface area contributed by atoms with Crippen LogP contribution in [0.1, 0.15) is 31.1 Å². The van der Waals surface area contributed by atoms with Crippen molar-refractivity contribution in [2.24, 2.45) is 0 Å². The highest BCUT2D eigenvalue weighted by Crippen LogP contribution is 2.24. The van der Waals surface area contributed by atoms with E-state index in [4.69, 9.17) is 9.47 Å². The minimum Gasteiger partial charge on any atom is -0.482 e. The summed E-state index contributed by atoms with van der Waals surface area (Å²) in [7, 11) is 1.27. The number of hydrogen-bond acceptors (Lipinski definition) is 6. The summed E-state index contributed by atoms with van der Waals surface area (Å²) >= 11 is 0. The van der Waals surface area contributed by atoms with Crippen LogP contribution >= 0.6 is 0 Å². The molecule has 1 aromatic heterocycles. The Bertz CT molecular complexity index is 797. The van der Waals surface area contributed by atoms with Gasteiger partial charge in [-0.15, -0.1) is 0 Å². The lowest BCUT2D eigenvalue weighted by atomic mass is 10.1. The van der Waals surface area contributed by atoms with Crippen molar-refractivity contribution in [2.75, 3.05) is 13.7 Å². The lowest BCUT2D eigenvalue weighted by Crippen LogP contribution is -2.27. The van der Waals surface area contributed by atoms with Crippen molar-refractivity contribution in [1.82, 2.24) is 4.98 Å². The maximum atomic E-state index is 13.9. The molecule has 0 N–H and O–H groups in total. The number of halogens is 1. The van der Waals surface area contributed by atoms with E-state index >= 15 is 0 Å². The molecule has 7 heteroatoms. The molecule has 0 radical (unpaired) electrons. The Morgan fingerprint density at radius 1 is 1.15 bits per heavy atom. The lowest BCUT2D eigenvalue weighted by Gasteiger charge is -2.19. The number of rotatable bonds is 5. The van der Waals surface area contributed by atoms with Crippen LogP contribution in [0.15, 0.2) is 36.5 Å². The van der Waals surface area contributed by atoms with E-state index < -0.39 is 23.4 Å². The maximum Gasteiger partial charge on any atom is 0.344 e. The summed E-state index contributed by atoms with van der Waals surface area (Å²) < 4.78 is 28.9. The molecule has 0 aliphatic heterocycles. The van der Waals surface area contributed by atoms with E-state index in [1.807, 2.05) is 0 Å². The van der Waals surface area contributed by atoms with Crippen molar-refractivity contribution < 1.29 is 28.2 Å². The topological polar surface area (TPSA) is 74.7 Å². The van der Waals surface area contributed by atoms with Gasteiger partial charge in [-0.3, -0.25) is 4.98 Å². The highest BCUT2D eigenvalue weighted by Gasteiger charge is 2.17. The molecule has 0 unspecified atom stereocenters. The Morgan fingerprint density at radius 3 is 2.46 bits per heavy atom. The van der Waals surface area contributed by atoms with Crippen LogP contribution < -0.4 is 4.74 Å². The molecule has 0 saturated carbocycles. The molecule has 2 rings (SSSR count). The first-order valence-corrected chi connectivity index (χ1v) is 7.88. The van der Waals surface area contributed by atoms with Gasteiger partial charge in [0.25, 0.3) is 0 Å². The first-order chi connectivity index (χ1) is 12.2. The molecule has 138 valence electrons. The van der Waals surface area contributed by atoms with Gasteiger partial charge in [-0.25, -0.2) is 14.0 Å². The van der Waals surface area contributed by atoms with E-state index in [0.29, 0.717) is 11.3 Å². The fraction of sp³-hybridized carbons (Fsp3) is 0.316. The molecule has 0 spiro atoms. The van der Waals surface area contributed by atoms with Gasteiger partial charge in [-0.2, -0.15) is 0 Å². The maximum absolute atomic E-state index is 13.9. The average molecular weight is 361 g/mol. The van der Waals surface area contributed by atoms with Crippen LogP contribution in [0.2, 0.25) is 0 Å². The van der Waals surface area contributed by atoms with Gasteiger partial charge < -0.3 is 14.2 Å². The second-order valence-electron chi connectivity index (χ2n) is 6.47. The Balaban J connectivity index is 2.14. The summed E-state index contributed by atoms with van der Waals surface area (Å²) in [6, 6.07) is 7.09. The zero-order valence-corrected chi connectivity index (χ0v) is 15.0. The third kappa shape index (κ3) is 5.54. The van der Waals surface area contributed by atoms with Gasteiger partial charge in [0.05, 0.1) is 18.4 Å². The van der Waals surface area contributed by atoms with Crippen LogP contribution in [-0.4, -0.2) is 36.2 Å². The van der Waals surface area contributed by atoms with Crippen LogP contribution in [0.25, 0.3) is 11.3 Å². The number of esters is 2. The van der Waals surface area contributed by atoms with Crippen LogP contribution in [0, 0.1) is 5.82 Å². The second kappa shape index (κ2) is 7.95. The number of carbonyl (C=O) groups is 2. The number of carbonyl (C=O) groups excluding carboxylic acids is 2. The van der Waals surface area contributed by atoms with Crippen molar-refractivity contribution in [3.63, 3.8) is 0 Å². The summed E-state index contributed by atoms with van der Waals surface area (Å²) in [4.78, 5) is 27.3. The molecule has 2 aromatic rings. The minimum atomic E-state index is -0.626. The fourth-order valence-corrected chi connectivity index (χ4v) is 2.11. The number of ether oxygens (including phenoxy) is 3. The van der Waals surface area contributed by atoms with Gasteiger partial charge in [0.1, 0.15) is 17.2 Å². The van der Waals surface area contributed by atoms with E-state index in [1.165, 1.54) is 25.4 Å². The van der Waals surface area contributed by atoms with Gasteiger partial charge >= 0.3 is 11.9 Å². The average Bonchev–Trinajstić information content (AvgIpc) is 2.57. The zero-order valence-electron chi connectivity index (χ0n) is 15.0. The minimum absolute atomic E-state index is 0.171.